The number of anilines is 1. The normalized spacial score (nSPS) is 14.9. The number of amides is 2. The van der Waals surface area contributed by atoms with E-state index in [4.69, 9.17) is 4.74 Å². The summed E-state index contributed by atoms with van der Waals surface area (Å²) in [5.41, 5.74) is 1.21. The van der Waals surface area contributed by atoms with Crippen molar-refractivity contribution in [3.8, 4) is 5.88 Å². The summed E-state index contributed by atoms with van der Waals surface area (Å²) < 4.78 is 31.6. The summed E-state index contributed by atoms with van der Waals surface area (Å²) in [4.78, 5) is 29.4. The molecule has 4 rings (SSSR count). The zero-order valence-electron chi connectivity index (χ0n) is 15.6. The maximum Gasteiger partial charge on any atom is 0.323 e. The average molecular weight is 420 g/mol. The Morgan fingerprint density at radius 2 is 2.00 bits per heavy atom. The van der Waals surface area contributed by atoms with Gasteiger partial charge in [-0.1, -0.05) is 17.4 Å². The van der Waals surface area contributed by atoms with Gasteiger partial charge in [0.1, 0.15) is 6.33 Å². The van der Waals surface area contributed by atoms with E-state index >= 15 is 0 Å². The molecule has 1 saturated heterocycles. The second-order valence-corrected chi connectivity index (χ2v) is 7.48. The van der Waals surface area contributed by atoms with Crippen LogP contribution < -0.4 is 10.1 Å². The van der Waals surface area contributed by atoms with E-state index in [9.17, 15) is 13.6 Å². The number of aromatic nitrogens is 3. The molecule has 0 aliphatic carbocycles. The predicted octanol–water partition coefficient (Wildman–Crippen LogP) is 2.72. The molecular weight excluding hydrogens is 402 g/mol. The molecule has 0 saturated carbocycles. The number of ether oxygens (including phenoxy) is 1. The van der Waals surface area contributed by atoms with E-state index in [-0.39, 0.29) is 6.03 Å². The van der Waals surface area contributed by atoms with Gasteiger partial charge in [-0.2, -0.15) is 4.98 Å². The predicted molar refractivity (Wildman–Crippen MR) is 104 cm³/mol. The molecule has 2 aromatic heterocycles. The fraction of sp³-hybridized carbons (Fsp3) is 0.333. The molecule has 0 unspecified atom stereocenters. The second kappa shape index (κ2) is 8.21. The first-order valence-corrected chi connectivity index (χ1v) is 9.73. The van der Waals surface area contributed by atoms with Crippen LogP contribution >= 0.6 is 11.3 Å². The summed E-state index contributed by atoms with van der Waals surface area (Å²) in [6.45, 7) is 2.80. The standard InChI is InChI=1S/C18H18F2N6O2S/c1-28-15-14-16(22-10-21-15)29-17(23-14)24-18(27)26-6-4-25(5-7-26)9-11-2-3-12(19)13(20)8-11/h2-3,8,10H,4-7,9H2,1H3,(H,23,24,27). The van der Waals surface area contributed by atoms with Crippen LogP contribution in [0.15, 0.2) is 24.5 Å². The van der Waals surface area contributed by atoms with Gasteiger partial charge in [-0.05, 0) is 17.7 Å². The molecule has 8 nitrogen and oxygen atoms in total. The molecule has 3 heterocycles. The topological polar surface area (TPSA) is 83.5 Å². The van der Waals surface area contributed by atoms with Crippen molar-refractivity contribution >= 4 is 32.8 Å². The van der Waals surface area contributed by atoms with Crippen LogP contribution in [0.3, 0.4) is 0 Å². The Balaban J connectivity index is 1.33. The summed E-state index contributed by atoms with van der Waals surface area (Å²) in [5, 5.41) is 3.22. The highest BCUT2D eigenvalue weighted by atomic mass is 32.1. The number of thiazole rings is 1. The SMILES string of the molecule is COc1ncnc2sc(NC(=O)N3CCN(Cc4ccc(F)c(F)c4)CC3)nc12. The van der Waals surface area contributed by atoms with Gasteiger partial charge in [0.15, 0.2) is 27.1 Å². The van der Waals surface area contributed by atoms with E-state index < -0.39 is 11.6 Å². The monoisotopic (exact) mass is 420 g/mol. The van der Waals surface area contributed by atoms with E-state index in [2.05, 4.69) is 25.2 Å². The number of methoxy groups -OCH3 is 1. The third-order valence-corrected chi connectivity index (χ3v) is 5.50. The molecule has 0 bridgehead atoms. The van der Waals surface area contributed by atoms with Crippen LogP contribution in [0.4, 0.5) is 18.7 Å². The number of piperazine rings is 1. The Bertz CT molecular complexity index is 1040. The van der Waals surface area contributed by atoms with Crippen molar-refractivity contribution in [2.75, 3.05) is 38.6 Å². The lowest BCUT2D eigenvalue weighted by molar-refractivity contribution is 0.143. The summed E-state index contributed by atoms with van der Waals surface area (Å²) in [6, 6.07) is 3.66. The lowest BCUT2D eigenvalue weighted by atomic mass is 10.2. The molecule has 1 aromatic carbocycles. The third-order valence-electron chi connectivity index (χ3n) is 4.62. The van der Waals surface area contributed by atoms with Gasteiger partial charge in [0.05, 0.1) is 7.11 Å². The maximum absolute atomic E-state index is 13.4. The van der Waals surface area contributed by atoms with Crippen molar-refractivity contribution in [1.29, 1.82) is 0 Å². The number of nitrogens with one attached hydrogen (secondary N) is 1. The third kappa shape index (κ3) is 4.25. The van der Waals surface area contributed by atoms with Crippen molar-refractivity contribution in [2.24, 2.45) is 0 Å². The molecule has 1 fully saturated rings. The molecule has 3 aromatic rings. The quantitative estimate of drug-likeness (QED) is 0.699. The first kappa shape index (κ1) is 19.4. The van der Waals surface area contributed by atoms with Crippen LogP contribution in [0.5, 0.6) is 5.88 Å². The summed E-state index contributed by atoms with van der Waals surface area (Å²) in [6.07, 6.45) is 1.39. The number of benzene rings is 1. The second-order valence-electron chi connectivity index (χ2n) is 6.50. The first-order chi connectivity index (χ1) is 14.0. The highest BCUT2D eigenvalue weighted by molar-refractivity contribution is 7.22. The van der Waals surface area contributed by atoms with Gasteiger partial charge in [-0.25, -0.2) is 23.5 Å². The van der Waals surface area contributed by atoms with Crippen LogP contribution in [-0.2, 0) is 6.54 Å². The lowest BCUT2D eigenvalue weighted by Gasteiger charge is -2.34. The minimum absolute atomic E-state index is 0.247. The smallest absolute Gasteiger partial charge is 0.323 e. The Hall–Kier alpha value is -2.92. The van der Waals surface area contributed by atoms with Crippen LogP contribution in [0.1, 0.15) is 5.56 Å². The summed E-state index contributed by atoms with van der Waals surface area (Å²) in [7, 11) is 1.50. The Morgan fingerprint density at radius 3 is 2.72 bits per heavy atom. The number of fused-ring (bicyclic) bond motifs is 1. The van der Waals surface area contributed by atoms with Crippen molar-refractivity contribution in [3.63, 3.8) is 0 Å². The molecule has 11 heteroatoms. The number of halogens is 2. The Morgan fingerprint density at radius 1 is 1.21 bits per heavy atom. The van der Waals surface area contributed by atoms with Gasteiger partial charge in [0, 0.05) is 32.7 Å². The largest absolute Gasteiger partial charge is 0.479 e. The summed E-state index contributed by atoms with van der Waals surface area (Å²) >= 11 is 1.25. The lowest BCUT2D eigenvalue weighted by Crippen LogP contribution is -2.49. The fourth-order valence-corrected chi connectivity index (χ4v) is 3.90. The number of carbonyl (C=O) groups excluding carboxylic acids is 1. The molecule has 0 radical (unpaired) electrons. The fourth-order valence-electron chi connectivity index (χ4n) is 3.11. The zero-order chi connectivity index (χ0) is 20.4. The van der Waals surface area contributed by atoms with E-state index in [1.807, 2.05) is 0 Å². The molecule has 152 valence electrons. The number of carbonyl (C=O) groups is 1. The van der Waals surface area contributed by atoms with E-state index in [1.54, 1.807) is 11.0 Å². The van der Waals surface area contributed by atoms with Crippen molar-refractivity contribution in [1.82, 2.24) is 24.8 Å². The van der Waals surface area contributed by atoms with E-state index in [1.165, 1.54) is 30.8 Å². The highest BCUT2D eigenvalue weighted by Gasteiger charge is 2.23. The Kier molecular flexibility index (Phi) is 5.49. The minimum Gasteiger partial charge on any atom is -0.479 e. The zero-order valence-corrected chi connectivity index (χ0v) is 16.4. The minimum atomic E-state index is -0.853. The van der Waals surface area contributed by atoms with Gasteiger partial charge in [0.2, 0.25) is 5.88 Å². The molecule has 1 N–H and O–H groups in total. The van der Waals surface area contributed by atoms with E-state index in [0.29, 0.717) is 59.6 Å². The number of urea groups is 1. The molecule has 1 aliphatic rings. The first-order valence-electron chi connectivity index (χ1n) is 8.91. The van der Waals surface area contributed by atoms with Crippen LogP contribution in [0, 0.1) is 11.6 Å². The highest BCUT2D eigenvalue weighted by Crippen LogP contribution is 2.29. The summed E-state index contributed by atoms with van der Waals surface area (Å²) in [5.74, 6) is -1.34. The average Bonchev–Trinajstić information content (AvgIpc) is 3.13. The van der Waals surface area contributed by atoms with Crippen LogP contribution in [0.25, 0.3) is 10.3 Å². The van der Waals surface area contributed by atoms with Crippen molar-refractivity contribution in [2.45, 2.75) is 6.54 Å². The molecular formula is C18H18F2N6O2S. The van der Waals surface area contributed by atoms with Gasteiger partial charge in [-0.3, -0.25) is 10.2 Å². The van der Waals surface area contributed by atoms with Gasteiger partial charge in [-0.15, -0.1) is 0 Å². The number of hydrogen-bond acceptors (Lipinski definition) is 7. The molecule has 29 heavy (non-hydrogen) atoms. The number of hydrogen-bond donors (Lipinski definition) is 1. The Labute approximate surface area is 169 Å². The number of nitrogens with zero attached hydrogens (tertiary/aromatic N) is 5. The maximum atomic E-state index is 13.4. The van der Waals surface area contributed by atoms with Crippen molar-refractivity contribution in [3.05, 3.63) is 41.7 Å². The van der Waals surface area contributed by atoms with Gasteiger partial charge in [0.25, 0.3) is 0 Å². The molecule has 1 aliphatic heterocycles. The van der Waals surface area contributed by atoms with Crippen LogP contribution in [0.2, 0.25) is 0 Å². The van der Waals surface area contributed by atoms with Gasteiger partial charge < -0.3 is 9.64 Å². The molecule has 2 amide bonds. The van der Waals surface area contributed by atoms with E-state index in [0.717, 1.165) is 6.07 Å². The van der Waals surface area contributed by atoms with Gasteiger partial charge >= 0.3 is 6.03 Å². The van der Waals surface area contributed by atoms with Crippen LogP contribution in [-0.4, -0.2) is 64.1 Å². The molecule has 0 atom stereocenters. The van der Waals surface area contributed by atoms with Crippen molar-refractivity contribution < 1.29 is 18.3 Å². The number of rotatable bonds is 4. The molecule has 0 spiro atoms.